The zero-order valence-electron chi connectivity index (χ0n) is 14.1. The molecule has 1 aliphatic heterocycles. The van der Waals surface area contributed by atoms with E-state index in [0.29, 0.717) is 5.69 Å². The molecular formula is C17H24N4O4. The fourth-order valence-corrected chi connectivity index (χ4v) is 3.77. The maximum absolute atomic E-state index is 12.1. The highest BCUT2D eigenvalue weighted by Crippen LogP contribution is 2.26. The van der Waals surface area contributed by atoms with Crippen LogP contribution < -0.4 is 10.6 Å². The predicted octanol–water partition coefficient (Wildman–Crippen LogP) is 2.09. The summed E-state index contributed by atoms with van der Waals surface area (Å²) in [7, 11) is 0. The summed E-state index contributed by atoms with van der Waals surface area (Å²) in [5.41, 5.74) is 0.347. The highest BCUT2D eigenvalue weighted by molar-refractivity contribution is 5.89. The Morgan fingerprint density at radius 3 is 2.64 bits per heavy atom. The Morgan fingerprint density at radius 1 is 1.24 bits per heavy atom. The largest absolute Gasteiger partial charge is 0.391 e. The number of aliphatic hydroxyl groups is 1. The van der Waals surface area contributed by atoms with E-state index in [-0.39, 0.29) is 29.9 Å². The van der Waals surface area contributed by atoms with Crippen LogP contribution in [0.3, 0.4) is 0 Å². The number of nitrogens with one attached hydrogen (secondary N) is 2. The van der Waals surface area contributed by atoms with E-state index in [1.54, 1.807) is 12.1 Å². The van der Waals surface area contributed by atoms with Crippen LogP contribution >= 0.6 is 0 Å². The minimum absolute atomic E-state index is 0.0544. The molecule has 8 nitrogen and oxygen atoms in total. The molecule has 2 fully saturated rings. The van der Waals surface area contributed by atoms with E-state index in [4.69, 9.17) is 0 Å². The standard InChI is InChI=1S/C17H24N4O4/c22-16-6-2-5-15(16)20-9-7-12(8-10-20)18-17(23)19-13-3-1-4-14(11-13)21(24)25/h1,3-4,11-12,15-16,22H,2,5-10H2,(H2,18,19,23)/t15-,16+/m0/s1. The number of likely N-dealkylation sites (tertiary alicyclic amines) is 1. The summed E-state index contributed by atoms with van der Waals surface area (Å²) in [6, 6.07) is 5.88. The summed E-state index contributed by atoms with van der Waals surface area (Å²) in [5, 5.41) is 26.4. The van der Waals surface area contributed by atoms with Gasteiger partial charge in [0.25, 0.3) is 5.69 Å². The normalized spacial score (nSPS) is 24.8. The fourth-order valence-electron chi connectivity index (χ4n) is 3.77. The first-order valence-electron chi connectivity index (χ1n) is 8.77. The van der Waals surface area contributed by atoms with Crippen LogP contribution in [0, 0.1) is 10.1 Å². The van der Waals surface area contributed by atoms with Gasteiger partial charge in [0.1, 0.15) is 0 Å². The number of non-ortho nitro benzene ring substituents is 1. The van der Waals surface area contributed by atoms with Gasteiger partial charge in [0, 0.05) is 43.0 Å². The Bertz CT molecular complexity index is 631. The topological polar surface area (TPSA) is 108 Å². The van der Waals surface area contributed by atoms with Crippen molar-refractivity contribution < 1.29 is 14.8 Å². The molecule has 0 radical (unpaired) electrons. The number of piperidine rings is 1. The number of carbonyl (C=O) groups is 1. The summed E-state index contributed by atoms with van der Waals surface area (Å²) in [4.78, 5) is 24.7. The molecule has 1 aromatic rings. The Labute approximate surface area is 146 Å². The van der Waals surface area contributed by atoms with Gasteiger partial charge in [-0.05, 0) is 38.2 Å². The van der Waals surface area contributed by atoms with Crippen molar-refractivity contribution in [3.8, 4) is 0 Å². The molecule has 0 unspecified atom stereocenters. The molecule has 0 bridgehead atoms. The second-order valence-electron chi connectivity index (χ2n) is 6.78. The number of hydrogen-bond acceptors (Lipinski definition) is 5. The van der Waals surface area contributed by atoms with Crippen LogP contribution in [0.4, 0.5) is 16.2 Å². The maximum Gasteiger partial charge on any atom is 0.319 e. The predicted molar refractivity (Wildman–Crippen MR) is 93.5 cm³/mol. The molecule has 1 saturated heterocycles. The molecule has 1 saturated carbocycles. The van der Waals surface area contributed by atoms with Crippen molar-refractivity contribution in [2.24, 2.45) is 0 Å². The van der Waals surface area contributed by atoms with Crippen LogP contribution in [0.25, 0.3) is 0 Å². The van der Waals surface area contributed by atoms with Crippen molar-refractivity contribution in [1.29, 1.82) is 0 Å². The number of rotatable bonds is 4. The van der Waals surface area contributed by atoms with Crippen molar-refractivity contribution >= 4 is 17.4 Å². The summed E-state index contributed by atoms with van der Waals surface area (Å²) in [5.74, 6) is 0. The van der Waals surface area contributed by atoms with E-state index in [9.17, 15) is 20.0 Å². The van der Waals surface area contributed by atoms with E-state index < -0.39 is 4.92 Å². The Balaban J connectivity index is 1.46. The number of benzene rings is 1. The molecule has 1 aliphatic carbocycles. The molecular weight excluding hydrogens is 324 g/mol. The van der Waals surface area contributed by atoms with Gasteiger partial charge in [0.05, 0.1) is 11.0 Å². The highest BCUT2D eigenvalue weighted by atomic mass is 16.6. The summed E-state index contributed by atoms with van der Waals surface area (Å²) in [6.45, 7) is 1.73. The Morgan fingerprint density at radius 2 is 2.00 bits per heavy atom. The number of aliphatic hydroxyl groups excluding tert-OH is 1. The number of nitrogens with zero attached hydrogens (tertiary/aromatic N) is 2. The second-order valence-corrected chi connectivity index (χ2v) is 6.78. The van der Waals surface area contributed by atoms with Crippen LogP contribution in [-0.4, -0.2) is 52.2 Å². The number of nitro benzene ring substituents is 1. The van der Waals surface area contributed by atoms with E-state index >= 15 is 0 Å². The smallest absolute Gasteiger partial charge is 0.319 e. The van der Waals surface area contributed by atoms with Crippen LogP contribution in [0.15, 0.2) is 24.3 Å². The van der Waals surface area contributed by atoms with Gasteiger partial charge in [-0.25, -0.2) is 4.79 Å². The van der Waals surface area contributed by atoms with Crippen LogP contribution in [-0.2, 0) is 0 Å². The molecule has 2 amide bonds. The van der Waals surface area contributed by atoms with Crippen LogP contribution in [0.1, 0.15) is 32.1 Å². The van der Waals surface area contributed by atoms with Gasteiger partial charge in [0.2, 0.25) is 0 Å². The third kappa shape index (κ3) is 4.46. The second kappa shape index (κ2) is 7.79. The zero-order chi connectivity index (χ0) is 17.8. The molecule has 0 spiro atoms. The number of nitro groups is 1. The molecule has 1 heterocycles. The summed E-state index contributed by atoms with van der Waals surface area (Å²) < 4.78 is 0. The molecule has 0 aromatic heterocycles. The minimum atomic E-state index is -0.490. The first-order valence-corrected chi connectivity index (χ1v) is 8.77. The van der Waals surface area contributed by atoms with Gasteiger partial charge in [0.15, 0.2) is 0 Å². The van der Waals surface area contributed by atoms with E-state index in [2.05, 4.69) is 15.5 Å². The first-order chi connectivity index (χ1) is 12.0. The molecule has 8 heteroatoms. The third-order valence-corrected chi connectivity index (χ3v) is 5.09. The van der Waals surface area contributed by atoms with Gasteiger partial charge in [-0.15, -0.1) is 0 Å². The first kappa shape index (κ1) is 17.6. The Kier molecular flexibility index (Phi) is 5.50. The monoisotopic (exact) mass is 348 g/mol. The van der Waals surface area contributed by atoms with E-state index in [1.807, 2.05) is 0 Å². The van der Waals surface area contributed by atoms with E-state index in [0.717, 1.165) is 45.2 Å². The molecule has 136 valence electrons. The van der Waals surface area contributed by atoms with Gasteiger partial charge in [-0.1, -0.05) is 6.07 Å². The number of carbonyl (C=O) groups excluding carboxylic acids is 1. The zero-order valence-corrected chi connectivity index (χ0v) is 14.1. The third-order valence-electron chi connectivity index (χ3n) is 5.09. The van der Waals surface area contributed by atoms with Crippen molar-refractivity contribution in [2.45, 2.75) is 50.3 Å². The highest BCUT2D eigenvalue weighted by Gasteiger charge is 2.33. The maximum atomic E-state index is 12.1. The van der Waals surface area contributed by atoms with Gasteiger partial charge < -0.3 is 15.7 Å². The quantitative estimate of drug-likeness (QED) is 0.570. The lowest BCUT2D eigenvalue weighted by Gasteiger charge is -2.37. The van der Waals surface area contributed by atoms with Gasteiger partial charge in [-0.2, -0.15) is 0 Å². The lowest BCUT2D eigenvalue weighted by Crippen LogP contribution is -2.50. The van der Waals surface area contributed by atoms with Crippen molar-refractivity contribution in [3.63, 3.8) is 0 Å². The average molecular weight is 348 g/mol. The number of urea groups is 1. The summed E-state index contributed by atoms with van der Waals surface area (Å²) >= 11 is 0. The summed E-state index contributed by atoms with van der Waals surface area (Å²) in [6.07, 6.45) is 4.47. The van der Waals surface area contributed by atoms with Crippen LogP contribution in [0.2, 0.25) is 0 Å². The lowest BCUT2D eigenvalue weighted by atomic mass is 10.0. The van der Waals surface area contributed by atoms with Crippen LogP contribution in [0.5, 0.6) is 0 Å². The van der Waals surface area contributed by atoms with Crippen molar-refractivity contribution in [1.82, 2.24) is 10.2 Å². The Hall–Kier alpha value is -2.19. The van der Waals surface area contributed by atoms with Crippen molar-refractivity contribution in [3.05, 3.63) is 34.4 Å². The number of hydrogen-bond donors (Lipinski definition) is 3. The molecule has 25 heavy (non-hydrogen) atoms. The number of amides is 2. The molecule has 2 atom stereocenters. The molecule has 3 rings (SSSR count). The molecule has 3 N–H and O–H groups in total. The number of anilines is 1. The lowest BCUT2D eigenvalue weighted by molar-refractivity contribution is -0.384. The van der Waals surface area contributed by atoms with Gasteiger partial charge >= 0.3 is 6.03 Å². The van der Waals surface area contributed by atoms with Crippen molar-refractivity contribution in [2.75, 3.05) is 18.4 Å². The van der Waals surface area contributed by atoms with E-state index in [1.165, 1.54) is 12.1 Å². The fraction of sp³-hybridized carbons (Fsp3) is 0.588. The SMILES string of the molecule is O=C(Nc1cccc([N+](=O)[O-])c1)NC1CCN([C@H]2CCC[C@H]2O)CC1. The van der Waals surface area contributed by atoms with Gasteiger partial charge in [-0.3, -0.25) is 15.0 Å². The molecule has 2 aliphatic rings. The molecule has 1 aromatic carbocycles. The average Bonchev–Trinajstić information content (AvgIpc) is 3.02. The minimum Gasteiger partial charge on any atom is -0.391 e.